The Bertz CT molecular complexity index is 685. The summed E-state index contributed by atoms with van der Waals surface area (Å²) in [6.45, 7) is 5.96. The minimum atomic E-state index is -1.61. The maximum atomic E-state index is 13.6. The van der Waals surface area contributed by atoms with E-state index in [0.717, 1.165) is 38.1 Å². The van der Waals surface area contributed by atoms with E-state index in [2.05, 4.69) is 34.4 Å². The summed E-state index contributed by atoms with van der Waals surface area (Å²) in [4.78, 5) is 18.2. The molecule has 2 rings (SSSR count). The van der Waals surface area contributed by atoms with Gasteiger partial charge in [-0.1, -0.05) is 13.8 Å². The third-order valence-electron chi connectivity index (χ3n) is 4.32. The predicted octanol–water partition coefficient (Wildman–Crippen LogP) is 3.60. The number of carbonyl (C=O) groups is 1. The fourth-order valence-electron chi connectivity index (χ4n) is 3.19. The highest BCUT2D eigenvalue weighted by atomic mass is 127. The molecule has 0 radical (unpaired) electrons. The van der Waals surface area contributed by atoms with Crippen LogP contribution in [-0.2, 0) is 4.79 Å². The molecule has 27 heavy (non-hydrogen) atoms. The van der Waals surface area contributed by atoms with E-state index in [4.69, 9.17) is 0 Å². The van der Waals surface area contributed by atoms with Crippen molar-refractivity contribution in [3.05, 3.63) is 29.6 Å². The van der Waals surface area contributed by atoms with Gasteiger partial charge in [-0.2, -0.15) is 0 Å². The topological polar surface area (TPSA) is 56.7 Å². The average Bonchev–Trinajstić information content (AvgIpc) is 3.03. The smallest absolute Gasteiger partial charge is 0.243 e. The number of likely N-dealkylation sites (tertiary alicyclic amines) is 1. The van der Waals surface area contributed by atoms with Crippen molar-refractivity contribution in [3.63, 3.8) is 0 Å². The van der Waals surface area contributed by atoms with Gasteiger partial charge in [0.25, 0.3) is 0 Å². The third kappa shape index (κ3) is 6.54. The van der Waals surface area contributed by atoms with Crippen LogP contribution in [0.1, 0.15) is 26.7 Å². The number of hydrogen-bond donors (Lipinski definition) is 2. The van der Waals surface area contributed by atoms with Gasteiger partial charge in [0, 0.05) is 20.1 Å². The van der Waals surface area contributed by atoms with E-state index >= 15 is 0 Å². The SMILES string of the molecule is CN=C(NCC(=O)Nc1ccc(F)c(F)c1F)N1CCC(CC(C)C)C1.I. The predicted molar refractivity (Wildman–Crippen MR) is 111 cm³/mol. The summed E-state index contributed by atoms with van der Waals surface area (Å²) in [7, 11) is 1.63. The molecule has 1 aliphatic rings. The minimum Gasteiger partial charge on any atom is -0.347 e. The quantitative estimate of drug-likeness (QED) is 0.283. The Hall–Kier alpha value is -1.52. The minimum absolute atomic E-state index is 0. The van der Waals surface area contributed by atoms with Crippen molar-refractivity contribution < 1.29 is 18.0 Å². The van der Waals surface area contributed by atoms with Crippen molar-refractivity contribution >= 4 is 41.5 Å². The molecule has 0 saturated carbocycles. The Morgan fingerprint density at radius 3 is 2.63 bits per heavy atom. The summed E-state index contributed by atoms with van der Waals surface area (Å²) in [5, 5.41) is 5.15. The molecule has 2 N–H and O–H groups in total. The Kier molecular flexibility index (Phi) is 9.34. The first-order chi connectivity index (χ1) is 12.3. The van der Waals surface area contributed by atoms with Gasteiger partial charge in [0.05, 0.1) is 12.2 Å². The van der Waals surface area contributed by atoms with E-state index in [0.29, 0.717) is 17.8 Å². The maximum absolute atomic E-state index is 13.6. The molecule has 9 heteroatoms. The maximum Gasteiger partial charge on any atom is 0.243 e. The van der Waals surface area contributed by atoms with Gasteiger partial charge in [0.15, 0.2) is 23.4 Å². The zero-order valence-electron chi connectivity index (χ0n) is 15.7. The zero-order valence-corrected chi connectivity index (χ0v) is 18.0. The number of anilines is 1. The van der Waals surface area contributed by atoms with E-state index in [1.165, 1.54) is 0 Å². The van der Waals surface area contributed by atoms with Crippen LogP contribution in [0.2, 0.25) is 0 Å². The number of hydrogen-bond acceptors (Lipinski definition) is 2. The second kappa shape index (κ2) is 10.7. The first kappa shape index (κ1) is 23.5. The van der Waals surface area contributed by atoms with Crippen LogP contribution in [0.5, 0.6) is 0 Å². The van der Waals surface area contributed by atoms with Crippen LogP contribution in [0, 0.1) is 29.3 Å². The molecule has 1 aromatic rings. The van der Waals surface area contributed by atoms with Gasteiger partial charge in [-0.05, 0) is 36.8 Å². The molecule has 0 bridgehead atoms. The Labute approximate surface area is 174 Å². The second-order valence-electron chi connectivity index (χ2n) is 6.90. The highest BCUT2D eigenvalue weighted by Gasteiger charge is 2.25. The van der Waals surface area contributed by atoms with Crippen molar-refractivity contribution in [2.45, 2.75) is 26.7 Å². The van der Waals surface area contributed by atoms with Gasteiger partial charge in [-0.3, -0.25) is 9.79 Å². The number of aliphatic imine (C=N–C) groups is 1. The van der Waals surface area contributed by atoms with Crippen molar-refractivity contribution in [1.29, 1.82) is 0 Å². The van der Waals surface area contributed by atoms with Gasteiger partial charge in [-0.25, -0.2) is 13.2 Å². The molecule has 1 aromatic carbocycles. The Morgan fingerprint density at radius 1 is 1.30 bits per heavy atom. The van der Waals surface area contributed by atoms with Gasteiger partial charge < -0.3 is 15.5 Å². The molecular weight excluding hydrogens is 472 g/mol. The Balaban J connectivity index is 0.00000364. The van der Waals surface area contributed by atoms with Gasteiger partial charge in [0.1, 0.15) is 0 Å². The fourth-order valence-corrected chi connectivity index (χ4v) is 3.19. The van der Waals surface area contributed by atoms with Crippen LogP contribution in [0.3, 0.4) is 0 Å². The summed E-state index contributed by atoms with van der Waals surface area (Å²) < 4.78 is 39.7. The largest absolute Gasteiger partial charge is 0.347 e. The Morgan fingerprint density at radius 2 is 2.00 bits per heavy atom. The summed E-state index contributed by atoms with van der Waals surface area (Å²) in [6, 6.07) is 1.75. The molecule has 1 fully saturated rings. The van der Waals surface area contributed by atoms with Crippen LogP contribution < -0.4 is 10.6 Å². The number of halogens is 4. The molecule has 1 atom stereocenters. The monoisotopic (exact) mass is 498 g/mol. The molecular formula is C18H26F3IN4O. The van der Waals surface area contributed by atoms with E-state index < -0.39 is 29.0 Å². The molecule has 0 aliphatic carbocycles. The van der Waals surface area contributed by atoms with E-state index in [-0.39, 0.29) is 30.5 Å². The summed E-state index contributed by atoms with van der Waals surface area (Å²) in [5.41, 5.74) is -0.399. The number of amides is 1. The standard InChI is InChI=1S/C18H25F3N4O.HI/c1-11(2)8-12-6-7-25(10-12)18(22-3)23-9-15(26)24-14-5-4-13(19)16(20)17(14)21;/h4-5,11-12H,6-10H2,1-3H3,(H,22,23)(H,24,26);1H. The lowest BCUT2D eigenvalue weighted by atomic mass is 9.97. The second-order valence-corrected chi connectivity index (χ2v) is 6.90. The number of carbonyl (C=O) groups excluding carboxylic acids is 1. The molecule has 1 aliphatic heterocycles. The first-order valence-electron chi connectivity index (χ1n) is 8.70. The highest BCUT2D eigenvalue weighted by molar-refractivity contribution is 14.0. The average molecular weight is 498 g/mol. The van der Waals surface area contributed by atoms with Crippen molar-refractivity contribution in [2.24, 2.45) is 16.8 Å². The molecule has 1 saturated heterocycles. The molecule has 1 amide bonds. The molecule has 152 valence electrons. The number of guanidine groups is 1. The third-order valence-corrected chi connectivity index (χ3v) is 4.32. The fraction of sp³-hybridized carbons (Fsp3) is 0.556. The lowest BCUT2D eigenvalue weighted by Gasteiger charge is -2.22. The number of nitrogens with zero attached hydrogens (tertiary/aromatic N) is 2. The van der Waals surface area contributed by atoms with Crippen LogP contribution in [-0.4, -0.2) is 43.4 Å². The molecule has 0 spiro atoms. The van der Waals surface area contributed by atoms with Crippen molar-refractivity contribution in [3.8, 4) is 0 Å². The number of rotatable bonds is 5. The van der Waals surface area contributed by atoms with Crippen LogP contribution in [0.15, 0.2) is 17.1 Å². The van der Waals surface area contributed by atoms with Gasteiger partial charge >= 0.3 is 0 Å². The molecule has 5 nitrogen and oxygen atoms in total. The highest BCUT2D eigenvalue weighted by Crippen LogP contribution is 2.23. The van der Waals surface area contributed by atoms with Crippen LogP contribution in [0.25, 0.3) is 0 Å². The molecule has 1 unspecified atom stereocenters. The normalized spacial score (nSPS) is 17.1. The van der Waals surface area contributed by atoms with Gasteiger partial charge in [0.2, 0.25) is 5.91 Å². The van der Waals surface area contributed by atoms with Crippen LogP contribution >= 0.6 is 24.0 Å². The summed E-state index contributed by atoms with van der Waals surface area (Å²) in [5.74, 6) is -3.08. The van der Waals surface area contributed by atoms with E-state index in [1.807, 2.05) is 0 Å². The number of benzene rings is 1. The summed E-state index contributed by atoms with van der Waals surface area (Å²) >= 11 is 0. The zero-order chi connectivity index (χ0) is 19.3. The van der Waals surface area contributed by atoms with Crippen LogP contribution in [0.4, 0.5) is 18.9 Å². The van der Waals surface area contributed by atoms with Gasteiger partial charge in [-0.15, -0.1) is 24.0 Å². The molecule has 1 heterocycles. The lowest BCUT2D eigenvalue weighted by molar-refractivity contribution is -0.115. The number of nitrogens with one attached hydrogen (secondary N) is 2. The van der Waals surface area contributed by atoms with Crippen molar-refractivity contribution in [2.75, 3.05) is 32.0 Å². The van der Waals surface area contributed by atoms with E-state index in [9.17, 15) is 18.0 Å². The lowest BCUT2D eigenvalue weighted by Crippen LogP contribution is -2.43. The van der Waals surface area contributed by atoms with Crippen molar-refractivity contribution in [1.82, 2.24) is 10.2 Å². The van der Waals surface area contributed by atoms with E-state index in [1.54, 1.807) is 7.05 Å². The summed E-state index contributed by atoms with van der Waals surface area (Å²) in [6.07, 6.45) is 2.22. The first-order valence-corrected chi connectivity index (χ1v) is 8.70. The molecule has 0 aromatic heterocycles.